The molecule has 0 saturated carbocycles. The summed E-state index contributed by atoms with van der Waals surface area (Å²) in [5.74, 6) is 0.991. The van der Waals surface area contributed by atoms with E-state index in [4.69, 9.17) is 0 Å². The zero-order chi connectivity index (χ0) is 4.12. The van der Waals surface area contributed by atoms with E-state index in [0.717, 1.165) is 11.1 Å². The third-order valence-electron chi connectivity index (χ3n) is 0.292. The molecular weight excluding hydrogens is 155 g/mol. The van der Waals surface area contributed by atoms with Gasteiger partial charge < -0.3 is 0 Å². The molecule has 0 spiro atoms. The summed E-state index contributed by atoms with van der Waals surface area (Å²) in [4.78, 5) is 0. The number of halogens is 1. The average molecular weight is 163 g/mol. The first kappa shape index (κ1) is 10.4. The number of alkyl halides is 1. The van der Waals surface area contributed by atoms with Gasteiger partial charge in [-0.1, -0.05) is 15.9 Å². The predicted molar refractivity (Wildman–Crippen MR) is 39.4 cm³/mol. The monoisotopic (exact) mass is 162 g/mol. The summed E-state index contributed by atoms with van der Waals surface area (Å²) in [5, 5.41) is 1.08. The van der Waals surface area contributed by atoms with Crippen LogP contribution in [-0.4, -0.2) is 29.9 Å². The van der Waals surface area contributed by atoms with Gasteiger partial charge in [0.1, 0.15) is 0 Å². The van der Waals surface area contributed by atoms with E-state index in [0.29, 0.717) is 0 Å². The van der Waals surface area contributed by atoms with Crippen LogP contribution in [0.1, 0.15) is 6.42 Å². The molecular formula is C3H8BrLiS. The zero-order valence-electron chi connectivity index (χ0n) is 2.95. The van der Waals surface area contributed by atoms with Crippen molar-refractivity contribution in [3.63, 3.8) is 0 Å². The minimum atomic E-state index is 0. The van der Waals surface area contributed by atoms with Gasteiger partial charge in [0, 0.05) is 5.33 Å². The molecule has 0 fully saturated rings. The SMILES string of the molecule is SCCCBr.[LiH]. The van der Waals surface area contributed by atoms with Crippen LogP contribution in [0, 0.1) is 0 Å². The molecule has 0 aliphatic carbocycles. The van der Waals surface area contributed by atoms with Crippen molar-refractivity contribution >= 4 is 47.4 Å². The van der Waals surface area contributed by atoms with Gasteiger partial charge in [-0.05, 0) is 12.2 Å². The van der Waals surface area contributed by atoms with Crippen LogP contribution < -0.4 is 0 Å². The van der Waals surface area contributed by atoms with Crippen molar-refractivity contribution in [3.05, 3.63) is 0 Å². The summed E-state index contributed by atoms with van der Waals surface area (Å²) >= 11 is 7.23. The number of hydrogen-bond donors (Lipinski definition) is 1. The van der Waals surface area contributed by atoms with Crippen LogP contribution in [-0.2, 0) is 0 Å². The summed E-state index contributed by atoms with van der Waals surface area (Å²) in [6, 6.07) is 0. The molecule has 0 radical (unpaired) electrons. The molecule has 0 nitrogen and oxygen atoms in total. The summed E-state index contributed by atoms with van der Waals surface area (Å²) in [7, 11) is 0. The van der Waals surface area contributed by atoms with Gasteiger partial charge in [0.15, 0.2) is 0 Å². The van der Waals surface area contributed by atoms with E-state index in [-0.39, 0.29) is 18.9 Å². The molecule has 0 amide bonds. The van der Waals surface area contributed by atoms with Crippen molar-refractivity contribution < 1.29 is 0 Å². The van der Waals surface area contributed by atoms with Crippen LogP contribution in [0.4, 0.5) is 0 Å². The summed E-state index contributed by atoms with van der Waals surface area (Å²) in [5.41, 5.74) is 0. The van der Waals surface area contributed by atoms with Crippen molar-refractivity contribution in [1.29, 1.82) is 0 Å². The minimum absolute atomic E-state index is 0. The Labute approximate surface area is 64.8 Å². The molecule has 0 aromatic carbocycles. The Hall–Kier alpha value is 1.43. The predicted octanol–water partition coefficient (Wildman–Crippen LogP) is 1.05. The quantitative estimate of drug-likeness (QED) is 0.351. The van der Waals surface area contributed by atoms with E-state index in [9.17, 15) is 0 Å². The molecule has 0 atom stereocenters. The van der Waals surface area contributed by atoms with Gasteiger partial charge in [0.05, 0.1) is 0 Å². The van der Waals surface area contributed by atoms with Gasteiger partial charge in [0.2, 0.25) is 0 Å². The number of hydrogen-bond acceptors (Lipinski definition) is 1. The Kier molecular flexibility index (Phi) is 16.8. The third-order valence-corrected chi connectivity index (χ3v) is 1.17. The molecule has 34 valence electrons. The second-order valence-electron chi connectivity index (χ2n) is 0.766. The van der Waals surface area contributed by atoms with Crippen molar-refractivity contribution in [2.45, 2.75) is 6.42 Å². The maximum atomic E-state index is 3.97. The molecule has 0 aromatic rings. The zero-order valence-corrected chi connectivity index (χ0v) is 5.43. The summed E-state index contributed by atoms with van der Waals surface area (Å²) in [6.07, 6.45) is 1.17. The van der Waals surface area contributed by atoms with Crippen LogP contribution in [0.3, 0.4) is 0 Å². The van der Waals surface area contributed by atoms with Gasteiger partial charge in [-0.25, -0.2) is 0 Å². The van der Waals surface area contributed by atoms with E-state index < -0.39 is 0 Å². The van der Waals surface area contributed by atoms with E-state index in [1.54, 1.807) is 0 Å². The van der Waals surface area contributed by atoms with E-state index in [1.165, 1.54) is 6.42 Å². The summed E-state index contributed by atoms with van der Waals surface area (Å²) in [6.45, 7) is 0. The standard InChI is InChI=1S/C3H7BrS.Li.H/c4-2-1-3-5;;/h5H,1-3H2;;. The Morgan fingerprint density at radius 1 is 1.50 bits per heavy atom. The van der Waals surface area contributed by atoms with Crippen LogP contribution in [0.15, 0.2) is 0 Å². The molecule has 0 aliphatic heterocycles. The molecule has 3 heteroatoms. The number of thiol groups is 1. The second kappa shape index (κ2) is 9.66. The fourth-order valence-corrected chi connectivity index (χ4v) is 0.932. The molecule has 0 aromatic heterocycles. The molecule has 0 bridgehead atoms. The van der Waals surface area contributed by atoms with Gasteiger partial charge in [-0.3, -0.25) is 0 Å². The molecule has 0 N–H and O–H groups in total. The Morgan fingerprint density at radius 2 is 2.00 bits per heavy atom. The van der Waals surface area contributed by atoms with Crippen molar-refractivity contribution in [2.75, 3.05) is 11.1 Å². The van der Waals surface area contributed by atoms with Gasteiger partial charge in [-0.2, -0.15) is 12.6 Å². The van der Waals surface area contributed by atoms with Crippen molar-refractivity contribution in [3.8, 4) is 0 Å². The van der Waals surface area contributed by atoms with Crippen molar-refractivity contribution in [1.82, 2.24) is 0 Å². The number of rotatable bonds is 2. The second-order valence-corrected chi connectivity index (χ2v) is 2.01. The molecule has 0 unspecified atom stereocenters. The van der Waals surface area contributed by atoms with Gasteiger partial charge >= 0.3 is 18.9 Å². The van der Waals surface area contributed by atoms with Crippen LogP contribution in [0.2, 0.25) is 0 Å². The van der Waals surface area contributed by atoms with Crippen LogP contribution in [0.25, 0.3) is 0 Å². The normalized spacial score (nSPS) is 7.00. The third kappa shape index (κ3) is 9.06. The Morgan fingerprint density at radius 3 is 2.00 bits per heavy atom. The first-order valence-corrected chi connectivity index (χ1v) is 3.34. The van der Waals surface area contributed by atoms with Crippen LogP contribution >= 0.6 is 28.6 Å². The summed E-state index contributed by atoms with van der Waals surface area (Å²) < 4.78 is 0. The average Bonchev–Trinajstić information content (AvgIpc) is 1.41. The molecule has 0 rings (SSSR count). The first-order chi connectivity index (χ1) is 2.41. The van der Waals surface area contributed by atoms with Crippen molar-refractivity contribution in [2.24, 2.45) is 0 Å². The maximum absolute atomic E-state index is 3.97. The topological polar surface area (TPSA) is 0 Å². The van der Waals surface area contributed by atoms with Crippen LogP contribution in [0.5, 0.6) is 0 Å². The molecule has 0 aliphatic rings. The Bertz CT molecular complexity index is 18.3. The fraction of sp³-hybridized carbons (Fsp3) is 1.00. The van der Waals surface area contributed by atoms with Gasteiger partial charge in [0.25, 0.3) is 0 Å². The fourth-order valence-electron chi connectivity index (χ4n) is 0.0598. The Balaban J connectivity index is 0. The molecule has 0 heterocycles. The molecule has 6 heavy (non-hydrogen) atoms. The van der Waals surface area contributed by atoms with E-state index >= 15 is 0 Å². The first-order valence-electron chi connectivity index (χ1n) is 1.58. The van der Waals surface area contributed by atoms with E-state index in [2.05, 4.69) is 28.6 Å². The van der Waals surface area contributed by atoms with E-state index in [1.807, 2.05) is 0 Å². The molecule has 0 saturated heterocycles. The van der Waals surface area contributed by atoms with Gasteiger partial charge in [-0.15, -0.1) is 0 Å².